The van der Waals surface area contributed by atoms with Gasteiger partial charge in [0.05, 0.1) is 10.9 Å². The molecule has 0 spiro atoms. The average Bonchev–Trinajstić information content (AvgIpc) is 2.45. The number of aromatic nitrogens is 2. The number of carbonyl (C=O) groups excluding carboxylic acids is 1. The van der Waals surface area contributed by atoms with E-state index in [-0.39, 0.29) is 16.2 Å². The van der Waals surface area contributed by atoms with E-state index in [1.165, 1.54) is 19.3 Å². The number of carbonyl (C=O) groups is 1. The molecule has 0 bridgehead atoms. The van der Waals surface area contributed by atoms with Gasteiger partial charge in [0.25, 0.3) is 11.5 Å². The molecule has 22 heavy (non-hydrogen) atoms. The second kappa shape index (κ2) is 6.44. The van der Waals surface area contributed by atoms with Gasteiger partial charge >= 0.3 is 0 Å². The number of rotatable bonds is 1. The normalized spacial score (nSPS) is 16.3. The monoisotopic (exact) mass is 317 g/mol. The Morgan fingerprint density at radius 3 is 2.45 bits per heavy atom. The van der Waals surface area contributed by atoms with Gasteiger partial charge in [-0.05, 0) is 43.3 Å². The zero-order chi connectivity index (χ0) is 15.5. The van der Waals surface area contributed by atoms with Crippen LogP contribution in [0.25, 0.3) is 10.9 Å². The van der Waals surface area contributed by atoms with Gasteiger partial charge in [-0.3, -0.25) is 14.6 Å². The predicted octanol–water partition coefficient (Wildman–Crippen LogP) is 2.99. The highest BCUT2D eigenvalue weighted by atomic mass is 32.1. The Morgan fingerprint density at radius 2 is 1.73 bits per heavy atom. The smallest absolute Gasteiger partial charge is 0.259 e. The van der Waals surface area contributed by atoms with Crippen molar-refractivity contribution in [3.8, 4) is 0 Å². The van der Waals surface area contributed by atoms with Gasteiger partial charge in [0, 0.05) is 18.7 Å². The first-order chi connectivity index (χ1) is 10.6. The van der Waals surface area contributed by atoms with E-state index in [9.17, 15) is 9.59 Å². The molecule has 0 unspecified atom stereocenters. The fourth-order valence-electron chi connectivity index (χ4n) is 2.94. The van der Waals surface area contributed by atoms with Crippen LogP contribution < -0.4 is 5.56 Å². The van der Waals surface area contributed by atoms with Gasteiger partial charge < -0.3 is 9.88 Å². The Balaban J connectivity index is 1.93. The summed E-state index contributed by atoms with van der Waals surface area (Å²) in [6.45, 7) is 1.62. The number of benzene rings is 1. The highest BCUT2D eigenvalue weighted by Crippen LogP contribution is 2.16. The lowest BCUT2D eigenvalue weighted by molar-refractivity contribution is 0.0742. The van der Waals surface area contributed by atoms with Crippen molar-refractivity contribution in [2.24, 2.45) is 0 Å². The number of H-pyrrole nitrogens is 2. The molecule has 1 amide bonds. The number of fused-ring (bicyclic) bond motifs is 1. The van der Waals surface area contributed by atoms with Crippen molar-refractivity contribution in [1.29, 1.82) is 0 Å². The van der Waals surface area contributed by atoms with Crippen molar-refractivity contribution in [3.05, 3.63) is 38.9 Å². The second-order valence-electron chi connectivity index (χ2n) is 5.73. The fourth-order valence-corrected chi connectivity index (χ4v) is 3.14. The minimum Gasteiger partial charge on any atom is -0.339 e. The molecule has 1 aliphatic rings. The number of likely N-dealkylation sites (tertiary alicyclic amines) is 1. The molecule has 1 fully saturated rings. The summed E-state index contributed by atoms with van der Waals surface area (Å²) in [6, 6.07) is 5.12. The fraction of sp³-hybridized carbons (Fsp3) is 0.438. The van der Waals surface area contributed by atoms with E-state index in [0.29, 0.717) is 16.5 Å². The van der Waals surface area contributed by atoms with Gasteiger partial charge in [-0.25, -0.2) is 0 Å². The minimum absolute atomic E-state index is 0.0309. The molecule has 2 heterocycles. The molecular weight excluding hydrogens is 298 g/mol. The SMILES string of the molecule is O=C(c1ccc2c(=O)[nH]c(=S)[nH]c2c1)N1CCCCCCC1. The number of nitrogens with zero attached hydrogens (tertiary/aromatic N) is 1. The first-order valence-corrected chi connectivity index (χ1v) is 8.11. The Bertz CT molecular complexity index is 801. The first kappa shape index (κ1) is 15.0. The summed E-state index contributed by atoms with van der Waals surface area (Å²) in [5.74, 6) is 0.0309. The van der Waals surface area contributed by atoms with Crippen LogP contribution in [0.4, 0.5) is 0 Å². The van der Waals surface area contributed by atoms with Crippen LogP contribution in [-0.4, -0.2) is 33.9 Å². The van der Waals surface area contributed by atoms with Gasteiger partial charge in [0.15, 0.2) is 4.77 Å². The molecule has 1 aliphatic heterocycles. The van der Waals surface area contributed by atoms with Gasteiger partial charge in [0.1, 0.15) is 0 Å². The van der Waals surface area contributed by atoms with Crippen molar-refractivity contribution >= 4 is 29.0 Å². The van der Waals surface area contributed by atoms with Crippen LogP contribution in [0.2, 0.25) is 0 Å². The van der Waals surface area contributed by atoms with Crippen molar-refractivity contribution < 1.29 is 4.79 Å². The van der Waals surface area contributed by atoms with Gasteiger partial charge in [-0.15, -0.1) is 0 Å². The first-order valence-electron chi connectivity index (χ1n) is 7.71. The topological polar surface area (TPSA) is 69.0 Å². The largest absolute Gasteiger partial charge is 0.339 e. The summed E-state index contributed by atoms with van der Waals surface area (Å²) in [6.07, 6.45) is 5.74. The van der Waals surface area contributed by atoms with Crippen LogP contribution >= 0.6 is 12.2 Å². The van der Waals surface area contributed by atoms with E-state index in [0.717, 1.165) is 25.9 Å². The van der Waals surface area contributed by atoms with Crippen molar-refractivity contribution in [3.63, 3.8) is 0 Å². The van der Waals surface area contributed by atoms with E-state index in [4.69, 9.17) is 12.2 Å². The number of hydrogen-bond acceptors (Lipinski definition) is 3. The van der Waals surface area contributed by atoms with Crippen LogP contribution in [0, 0.1) is 4.77 Å². The summed E-state index contributed by atoms with van der Waals surface area (Å²) >= 11 is 4.99. The molecule has 0 aliphatic carbocycles. The molecule has 116 valence electrons. The number of amides is 1. The van der Waals surface area contributed by atoms with Crippen molar-refractivity contribution in [2.45, 2.75) is 32.1 Å². The zero-order valence-corrected chi connectivity index (χ0v) is 13.2. The summed E-state index contributed by atoms with van der Waals surface area (Å²) in [7, 11) is 0. The molecule has 2 aromatic rings. The van der Waals surface area contributed by atoms with E-state index in [1.807, 2.05) is 4.90 Å². The zero-order valence-electron chi connectivity index (χ0n) is 12.4. The van der Waals surface area contributed by atoms with Crippen LogP contribution in [0.1, 0.15) is 42.5 Å². The lowest BCUT2D eigenvalue weighted by atomic mass is 10.1. The van der Waals surface area contributed by atoms with Crippen LogP contribution in [-0.2, 0) is 0 Å². The Kier molecular flexibility index (Phi) is 4.38. The maximum absolute atomic E-state index is 12.7. The standard InChI is InChI=1S/C16H19N3O2S/c20-14-12-7-6-11(10-13(12)17-16(22)18-14)15(21)19-8-4-2-1-3-5-9-19/h6-7,10H,1-5,8-9H2,(H2,17,18,20,22). The van der Waals surface area contributed by atoms with Gasteiger partial charge in [-0.1, -0.05) is 19.3 Å². The molecule has 1 aromatic carbocycles. The second-order valence-corrected chi connectivity index (χ2v) is 6.14. The van der Waals surface area contributed by atoms with Crippen LogP contribution in [0.3, 0.4) is 0 Å². The van der Waals surface area contributed by atoms with E-state index >= 15 is 0 Å². The van der Waals surface area contributed by atoms with E-state index < -0.39 is 0 Å². The lowest BCUT2D eigenvalue weighted by Crippen LogP contribution is -2.33. The van der Waals surface area contributed by atoms with E-state index in [1.54, 1.807) is 18.2 Å². The van der Waals surface area contributed by atoms with Crippen LogP contribution in [0.15, 0.2) is 23.0 Å². The summed E-state index contributed by atoms with van der Waals surface area (Å²) < 4.78 is 0.272. The Hall–Kier alpha value is -1.95. The highest BCUT2D eigenvalue weighted by molar-refractivity contribution is 7.71. The number of nitrogens with one attached hydrogen (secondary N) is 2. The third-order valence-corrected chi connectivity index (χ3v) is 4.33. The Morgan fingerprint density at radius 1 is 1.05 bits per heavy atom. The van der Waals surface area contributed by atoms with Gasteiger partial charge in [-0.2, -0.15) is 0 Å². The molecule has 1 saturated heterocycles. The Labute approximate surface area is 133 Å². The molecule has 6 heteroatoms. The summed E-state index contributed by atoms with van der Waals surface area (Å²) in [5.41, 5.74) is 0.972. The number of aromatic amines is 2. The summed E-state index contributed by atoms with van der Waals surface area (Å²) in [4.78, 5) is 31.9. The minimum atomic E-state index is -0.232. The number of hydrogen-bond donors (Lipinski definition) is 2. The molecule has 3 rings (SSSR count). The maximum atomic E-state index is 12.7. The molecule has 0 atom stereocenters. The molecule has 0 saturated carbocycles. The molecular formula is C16H19N3O2S. The average molecular weight is 317 g/mol. The maximum Gasteiger partial charge on any atom is 0.259 e. The highest BCUT2D eigenvalue weighted by Gasteiger charge is 2.17. The molecule has 2 N–H and O–H groups in total. The lowest BCUT2D eigenvalue weighted by Gasteiger charge is -2.25. The third-order valence-electron chi connectivity index (χ3n) is 4.13. The van der Waals surface area contributed by atoms with Gasteiger partial charge in [0.2, 0.25) is 0 Å². The summed E-state index contributed by atoms with van der Waals surface area (Å²) in [5, 5.41) is 0.512. The molecule has 5 nitrogen and oxygen atoms in total. The quantitative estimate of drug-likeness (QED) is 0.795. The van der Waals surface area contributed by atoms with Crippen molar-refractivity contribution in [1.82, 2.24) is 14.9 Å². The molecule has 1 aromatic heterocycles. The van der Waals surface area contributed by atoms with Crippen LogP contribution in [0.5, 0.6) is 0 Å². The van der Waals surface area contributed by atoms with Crippen molar-refractivity contribution in [2.75, 3.05) is 13.1 Å². The predicted molar refractivity (Wildman–Crippen MR) is 88.7 cm³/mol. The molecule has 0 radical (unpaired) electrons. The third kappa shape index (κ3) is 3.11. The van der Waals surface area contributed by atoms with E-state index in [2.05, 4.69) is 9.97 Å².